The lowest BCUT2D eigenvalue weighted by Gasteiger charge is -2.07. The summed E-state index contributed by atoms with van der Waals surface area (Å²) in [4.78, 5) is 15.4. The van der Waals surface area contributed by atoms with Gasteiger partial charge in [0, 0.05) is 18.0 Å². The third-order valence-electron chi connectivity index (χ3n) is 2.41. The second kappa shape index (κ2) is 5.28. The number of carbonyl (C=O) groups is 1. The lowest BCUT2D eigenvalue weighted by atomic mass is 10.2. The summed E-state index contributed by atoms with van der Waals surface area (Å²) in [6.07, 6.45) is 1.11. The minimum atomic E-state index is -1.78. The van der Waals surface area contributed by atoms with Gasteiger partial charge < -0.3 is 4.74 Å². The van der Waals surface area contributed by atoms with Gasteiger partial charge in [-0.1, -0.05) is 0 Å². The van der Waals surface area contributed by atoms with Crippen molar-refractivity contribution in [2.75, 3.05) is 0 Å². The summed E-state index contributed by atoms with van der Waals surface area (Å²) in [6, 6.07) is 2.79. The smallest absolute Gasteiger partial charge is 0.345 e. The Hall–Kier alpha value is -2.44. The maximum Gasteiger partial charge on any atom is 0.345 e. The molecule has 0 saturated carbocycles. The quantitative estimate of drug-likeness (QED) is 0.368. The molecule has 7 heteroatoms. The van der Waals surface area contributed by atoms with Gasteiger partial charge in [0.15, 0.2) is 11.6 Å². The summed E-state index contributed by atoms with van der Waals surface area (Å²) in [7, 11) is 0. The van der Waals surface area contributed by atoms with Gasteiger partial charge in [-0.05, 0) is 19.1 Å². The molecule has 0 unspecified atom stereocenters. The lowest BCUT2D eigenvalue weighted by Crippen LogP contribution is -2.12. The average Bonchev–Trinajstić information content (AvgIpc) is 2.42. The highest BCUT2D eigenvalue weighted by molar-refractivity contribution is 5.90. The summed E-state index contributed by atoms with van der Waals surface area (Å²) in [6.45, 7) is 1.66. The van der Waals surface area contributed by atoms with Crippen LogP contribution in [0.15, 0.2) is 24.4 Å². The zero-order valence-electron chi connectivity index (χ0n) is 10.1. The number of benzene rings is 1. The first-order valence-corrected chi connectivity index (χ1v) is 5.38. The number of aromatic nitrogens is 1. The van der Waals surface area contributed by atoms with Crippen LogP contribution in [-0.2, 0) is 0 Å². The number of hydrogen-bond acceptors (Lipinski definition) is 3. The first-order valence-electron chi connectivity index (χ1n) is 5.38. The summed E-state index contributed by atoms with van der Waals surface area (Å²) >= 11 is 0. The van der Waals surface area contributed by atoms with Gasteiger partial charge >= 0.3 is 5.97 Å². The molecular formula is C13H7F4NO2. The van der Waals surface area contributed by atoms with Crippen LogP contribution < -0.4 is 4.74 Å². The number of aryl methyl sites for hydroxylation is 1. The Morgan fingerprint density at radius 2 is 1.70 bits per heavy atom. The zero-order chi connectivity index (χ0) is 14.9. The number of esters is 1. The van der Waals surface area contributed by atoms with E-state index in [1.807, 2.05) is 0 Å². The average molecular weight is 285 g/mol. The van der Waals surface area contributed by atoms with Gasteiger partial charge in [0.25, 0.3) is 0 Å². The minimum Gasteiger partial charge on any atom is -0.416 e. The van der Waals surface area contributed by atoms with Crippen LogP contribution in [0.1, 0.15) is 16.1 Å². The fourth-order valence-electron chi connectivity index (χ4n) is 1.38. The van der Waals surface area contributed by atoms with Crippen molar-refractivity contribution >= 4 is 5.97 Å². The third kappa shape index (κ3) is 2.61. The molecule has 3 nitrogen and oxygen atoms in total. The molecule has 0 amide bonds. The Kier molecular flexibility index (Phi) is 3.69. The maximum atomic E-state index is 13.3. The standard InChI is InChI=1S/C13H7F4NO2/c1-6-2-3-7(5-18-6)13(19)20-12-10(16)8(14)4-9(15)11(12)17/h2-5H,1H3. The first-order chi connectivity index (χ1) is 9.40. The van der Waals surface area contributed by atoms with E-state index in [1.165, 1.54) is 12.1 Å². The summed E-state index contributed by atoms with van der Waals surface area (Å²) < 4.78 is 56.9. The predicted molar refractivity (Wildman–Crippen MR) is 60.2 cm³/mol. The number of halogens is 4. The lowest BCUT2D eigenvalue weighted by molar-refractivity contribution is 0.0717. The van der Waals surface area contributed by atoms with Crippen LogP contribution in [-0.4, -0.2) is 11.0 Å². The monoisotopic (exact) mass is 285 g/mol. The zero-order valence-corrected chi connectivity index (χ0v) is 10.1. The van der Waals surface area contributed by atoms with Crippen molar-refractivity contribution in [1.29, 1.82) is 0 Å². The first kappa shape index (κ1) is 14.0. The van der Waals surface area contributed by atoms with Crippen LogP contribution in [0, 0.1) is 30.2 Å². The second-order valence-corrected chi connectivity index (χ2v) is 3.88. The van der Waals surface area contributed by atoms with Crippen molar-refractivity contribution in [2.45, 2.75) is 6.92 Å². The Morgan fingerprint density at radius 3 is 2.20 bits per heavy atom. The van der Waals surface area contributed by atoms with Gasteiger partial charge in [0.1, 0.15) is 0 Å². The number of rotatable bonds is 2. The molecule has 0 bridgehead atoms. The van der Waals surface area contributed by atoms with E-state index in [9.17, 15) is 22.4 Å². The van der Waals surface area contributed by atoms with Crippen LogP contribution in [0.5, 0.6) is 5.75 Å². The fourth-order valence-corrected chi connectivity index (χ4v) is 1.38. The number of hydrogen-bond donors (Lipinski definition) is 0. The van der Waals surface area contributed by atoms with Gasteiger partial charge in [-0.2, -0.15) is 8.78 Å². The van der Waals surface area contributed by atoms with Crippen molar-refractivity contribution in [3.63, 3.8) is 0 Å². The molecule has 1 aromatic carbocycles. The van der Waals surface area contributed by atoms with E-state index in [4.69, 9.17) is 0 Å². The second-order valence-electron chi connectivity index (χ2n) is 3.88. The molecule has 0 aliphatic carbocycles. The van der Waals surface area contributed by atoms with Crippen molar-refractivity contribution in [2.24, 2.45) is 0 Å². The van der Waals surface area contributed by atoms with Gasteiger partial charge in [-0.15, -0.1) is 0 Å². The van der Waals surface area contributed by atoms with E-state index >= 15 is 0 Å². The minimum absolute atomic E-state index is 0.0232. The normalized spacial score (nSPS) is 10.4. The summed E-state index contributed by atoms with van der Waals surface area (Å²) in [5.41, 5.74) is 0.495. The van der Waals surface area contributed by atoms with Crippen molar-refractivity contribution in [3.8, 4) is 5.75 Å². The van der Waals surface area contributed by atoms with Crippen molar-refractivity contribution in [1.82, 2.24) is 4.98 Å². The molecule has 1 aromatic heterocycles. The highest BCUT2D eigenvalue weighted by Gasteiger charge is 2.23. The van der Waals surface area contributed by atoms with E-state index in [0.717, 1.165) is 6.20 Å². The number of carbonyl (C=O) groups excluding carboxylic acids is 1. The molecule has 0 radical (unpaired) electrons. The van der Waals surface area contributed by atoms with Gasteiger partial charge in [-0.25, -0.2) is 13.6 Å². The Morgan fingerprint density at radius 1 is 1.10 bits per heavy atom. The Labute approximate surface area is 110 Å². The Balaban J connectivity index is 2.35. The molecule has 2 aromatic rings. The van der Waals surface area contributed by atoms with Gasteiger partial charge in [0.2, 0.25) is 17.4 Å². The molecule has 0 aliphatic heterocycles. The van der Waals surface area contributed by atoms with Crippen LogP contribution in [0.3, 0.4) is 0 Å². The highest BCUT2D eigenvalue weighted by Crippen LogP contribution is 2.27. The summed E-state index contributed by atoms with van der Waals surface area (Å²) in [5, 5.41) is 0. The van der Waals surface area contributed by atoms with Crippen LogP contribution in [0.25, 0.3) is 0 Å². The van der Waals surface area contributed by atoms with E-state index in [1.54, 1.807) is 6.92 Å². The molecule has 2 rings (SSSR count). The molecule has 0 saturated heterocycles. The van der Waals surface area contributed by atoms with Gasteiger partial charge in [0.05, 0.1) is 5.56 Å². The van der Waals surface area contributed by atoms with E-state index in [2.05, 4.69) is 9.72 Å². The van der Waals surface area contributed by atoms with Gasteiger partial charge in [-0.3, -0.25) is 4.98 Å². The molecule has 1 heterocycles. The molecule has 0 fully saturated rings. The van der Waals surface area contributed by atoms with E-state index in [0.29, 0.717) is 5.69 Å². The fraction of sp³-hybridized carbons (Fsp3) is 0.0769. The topological polar surface area (TPSA) is 39.2 Å². The van der Waals surface area contributed by atoms with Crippen molar-refractivity contribution < 1.29 is 27.1 Å². The van der Waals surface area contributed by atoms with Crippen LogP contribution in [0.2, 0.25) is 0 Å². The van der Waals surface area contributed by atoms with E-state index in [-0.39, 0.29) is 11.6 Å². The molecule has 104 valence electrons. The number of pyridine rings is 1. The largest absolute Gasteiger partial charge is 0.416 e. The van der Waals surface area contributed by atoms with Crippen molar-refractivity contribution in [3.05, 3.63) is 58.9 Å². The third-order valence-corrected chi connectivity index (χ3v) is 2.41. The summed E-state index contributed by atoms with van der Waals surface area (Å²) in [5.74, 6) is -9.48. The predicted octanol–water partition coefficient (Wildman–Crippen LogP) is 3.17. The molecule has 0 N–H and O–H groups in total. The molecular weight excluding hydrogens is 278 g/mol. The number of nitrogens with zero attached hydrogens (tertiary/aromatic N) is 1. The maximum absolute atomic E-state index is 13.3. The highest BCUT2D eigenvalue weighted by atomic mass is 19.2. The molecule has 0 atom stereocenters. The SMILES string of the molecule is Cc1ccc(C(=O)Oc2c(F)c(F)cc(F)c2F)cn1. The molecule has 0 spiro atoms. The van der Waals surface area contributed by atoms with Crippen LogP contribution in [0.4, 0.5) is 17.6 Å². The molecule has 0 aliphatic rings. The number of ether oxygens (including phenoxy) is 1. The van der Waals surface area contributed by atoms with Crippen LogP contribution >= 0.6 is 0 Å². The van der Waals surface area contributed by atoms with E-state index < -0.39 is 35.0 Å². The Bertz CT molecular complexity index is 645. The molecule has 20 heavy (non-hydrogen) atoms.